The van der Waals surface area contributed by atoms with Crippen LogP contribution in [0.4, 0.5) is 13.2 Å². The maximum atomic E-state index is 12.6. The molecule has 0 saturated heterocycles. The zero-order chi connectivity index (χ0) is 19.6. The fourth-order valence-electron chi connectivity index (χ4n) is 6.90. The molecule has 0 aliphatic heterocycles. The summed E-state index contributed by atoms with van der Waals surface area (Å²) in [7, 11) is -5.52. The lowest BCUT2D eigenvalue weighted by molar-refractivity contribution is -0.133. The summed E-state index contributed by atoms with van der Waals surface area (Å²) < 4.78 is 65.0. The minimum atomic E-state index is -5.52. The molecule has 4 fully saturated rings. The van der Waals surface area contributed by atoms with Crippen molar-refractivity contribution in [1.29, 1.82) is 0 Å². The Morgan fingerprint density at radius 3 is 2.41 bits per heavy atom. The highest BCUT2D eigenvalue weighted by Gasteiger charge is 2.57. The summed E-state index contributed by atoms with van der Waals surface area (Å²) in [5.74, 6) is 2.57. The van der Waals surface area contributed by atoms with Gasteiger partial charge in [-0.3, -0.25) is 8.98 Å². The molecule has 0 aromatic rings. The topological polar surface area (TPSA) is 60.4 Å². The van der Waals surface area contributed by atoms with Crippen molar-refractivity contribution in [2.45, 2.75) is 76.3 Å². The second-order valence-corrected chi connectivity index (χ2v) is 10.8. The fourth-order valence-corrected chi connectivity index (χ4v) is 7.54. The first-order valence-electron chi connectivity index (χ1n) is 10.1. The number of halogens is 3. The van der Waals surface area contributed by atoms with Crippen molar-refractivity contribution in [1.82, 2.24) is 0 Å². The van der Waals surface area contributed by atoms with Crippen molar-refractivity contribution in [2.24, 2.45) is 35.0 Å². The highest BCUT2D eigenvalue weighted by Crippen LogP contribution is 2.61. The van der Waals surface area contributed by atoms with Crippen LogP contribution in [0, 0.1) is 35.0 Å². The standard InChI is InChI=1S/C19H27F3O4S/c1-18-9-8-14-13-5-3-12(26-27(24,25)19(20,21)22)10-11(13)2-4-15(14)16(18)6-7-17(18)23/h11-16H,2-10H2,1H3/t11?,12?,13-,14+,15+,16-,18-/m0/s1. The highest BCUT2D eigenvalue weighted by molar-refractivity contribution is 7.87. The predicted molar refractivity (Wildman–Crippen MR) is 92.0 cm³/mol. The van der Waals surface area contributed by atoms with E-state index in [0.717, 1.165) is 38.5 Å². The van der Waals surface area contributed by atoms with E-state index in [1.54, 1.807) is 0 Å². The van der Waals surface area contributed by atoms with E-state index < -0.39 is 21.7 Å². The first kappa shape index (κ1) is 19.7. The number of carbonyl (C=O) groups excluding carboxylic acids is 1. The molecule has 154 valence electrons. The van der Waals surface area contributed by atoms with Gasteiger partial charge in [-0.1, -0.05) is 6.92 Å². The normalized spacial score (nSPS) is 45.1. The van der Waals surface area contributed by atoms with Gasteiger partial charge in [0.2, 0.25) is 0 Å². The maximum Gasteiger partial charge on any atom is 0.523 e. The molecule has 0 bridgehead atoms. The van der Waals surface area contributed by atoms with Crippen LogP contribution < -0.4 is 0 Å². The Bertz CT molecular complexity index is 719. The second kappa shape index (κ2) is 6.44. The van der Waals surface area contributed by atoms with Gasteiger partial charge in [0.15, 0.2) is 0 Å². The summed E-state index contributed by atoms with van der Waals surface area (Å²) in [5, 5.41) is 0. The molecule has 0 heterocycles. The largest absolute Gasteiger partial charge is 0.523 e. The van der Waals surface area contributed by atoms with E-state index in [0.29, 0.717) is 48.7 Å². The van der Waals surface area contributed by atoms with Gasteiger partial charge < -0.3 is 0 Å². The molecule has 2 unspecified atom stereocenters. The number of hydrogen-bond acceptors (Lipinski definition) is 4. The Morgan fingerprint density at radius 2 is 1.70 bits per heavy atom. The molecule has 4 aliphatic carbocycles. The third-order valence-electron chi connectivity index (χ3n) is 8.16. The van der Waals surface area contributed by atoms with Gasteiger partial charge in [0.25, 0.3) is 0 Å². The monoisotopic (exact) mass is 408 g/mol. The molecule has 0 radical (unpaired) electrons. The molecular formula is C19H27F3O4S. The van der Waals surface area contributed by atoms with Crippen molar-refractivity contribution in [3.05, 3.63) is 0 Å². The van der Waals surface area contributed by atoms with Gasteiger partial charge in [-0.25, -0.2) is 0 Å². The van der Waals surface area contributed by atoms with Crippen LogP contribution >= 0.6 is 0 Å². The average Bonchev–Trinajstić information content (AvgIpc) is 2.88. The summed E-state index contributed by atoms with van der Waals surface area (Å²) in [5.41, 5.74) is -5.53. The number of hydrogen-bond donors (Lipinski definition) is 0. The Hall–Kier alpha value is -0.630. The number of rotatable bonds is 2. The lowest BCUT2D eigenvalue weighted by Gasteiger charge is -2.54. The molecule has 0 N–H and O–H groups in total. The Morgan fingerprint density at radius 1 is 1.00 bits per heavy atom. The van der Waals surface area contributed by atoms with Gasteiger partial charge in [-0.05, 0) is 81.0 Å². The Labute approximate surface area is 158 Å². The summed E-state index contributed by atoms with van der Waals surface area (Å²) in [4.78, 5) is 12.4. The summed E-state index contributed by atoms with van der Waals surface area (Å²) in [6.07, 6.45) is 6.10. The number of Topliss-reactive ketones (excluding diaryl/α,β-unsaturated/α-hetero) is 1. The van der Waals surface area contributed by atoms with Crippen LogP contribution in [0.5, 0.6) is 0 Å². The third-order valence-corrected chi connectivity index (χ3v) is 9.25. The molecule has 27 heavy (non-hydrogen) atoms. The number of alkyl halides is 3. The van der Waals surface area contributed by atoms with Crippen LogP contribution in [-0.2, 0) is 19.1 Å². The zero-order valence-electron chi connectivity index (χ0n) is 15.5. The van der Waals surface area contributed by atoms with E-state index in [1.165, 1.54) is 0 Å². The van der Waals surface area contributed by atoms with Crippen molar-refractivity contribution < 1.29 is 30.6 Å². The molecule has 0 aromatic heterocycles. The van der Waals surface area contributed by atoms with Gasteiger partial charge in [0.05, 0.1) is 6.10 Å². The van der Waals surface area contributed by atoms with Crippen LogP contribution in [0.2, 0.25) is 0 Å². The highest BCUT2D eigenvalue weighted by atomic mass is 32.2. The van der Waals surface area contributed by atoms with Gasteiger partial charge >= 0.3 is 15.6 Å². The number of ketones is 1. The summed E-state index contributed by atoms with van der Waals surface area (Å²) >= 11 is 0. The smallest absolute Gasteiger partial charge is 0.299 e. The lowest BCUT2D eigenvalue weighted by atomic mass is 9.50. The molecule has 4 saturated carbocycles. The average molecular weight is 408 g/mol. The summed E-state index contributed by atoms with van der Waals surface area (Å²) in [6.45, 7) is 2.13. The molecule has 0 spiro atoms. The van der Waals surface area contributed by atoms with E-state index >= 15 is 0 Å². The number of fused-ring (bicyclic) bond motifs is 5. The SMILES string of the molecule is C[C@]12CC[C@H]3[C@@H](CCC4CC(OS(=O)(=O)C(F)(F)F)CC[C@@H]43)[C@@H]1CCC2=O. The van der Waals surface area contributed by atoms with Gasteiger partial charge in [0, 0.05) is 11.8 Å². The Balaban J connectivity index is 1.44. The zero-order valence-corrected chi connectivity index (χ0v) is 16.3. The van der Waals surface area contributed by atoms with Crippen LogP contribution in [0.3, 0.4) is 0 Å². The Kier molecular flexibility index (Phi) is 4.69. The van der Waals surface area contributed by atoms with Crippen LogP contribution in [0.1, 0.15) is 64.7 Å². The quantitative estimate of drug-likeness (QED) is 0.501. The summed E-state index contributed by atoms with van der Waals surface area (Å²) in [6, 6.07) is 0. The van der Waals surface area contributed by atoms with E-state index in [4.69, 9.17) is 0 Å². The van der Waals surface area contributed by atoms with Crippen molar-refractivity contribution >= 4 is 15.9 Å². The lowest BCUT2D eigenvalue weighted by Crippen LogP contribution is -2.49. The third kappa shape index (κ3) is 3.15. The van der Waals surface area contributed by atoms with Crippen molar-refractivity contribution in [2.75, 3.05) is 0 Å². The van der Waals surface area contributed by atoms with Crippen molar-refractivity contribution in [3.63, 3.8) is 0 Å². The van der Waals surface area contributed by atoms with Crippen molar-refractivity contribution in [3.8, 4) is 0 Å². The fraction of sp³-hybridized carbons (Fsp3) is 0.947. The van der Waals surface area contributed by atoms with Gasteiger partial charge in [-0.15, -0.1) is 0 Å². The molecule has 4 rings (SSSR count). The molecule has 8 heteroatoms. The van der Waals surface area contributed by atoms with E-state index in [9.17, 15) is 26.4 Å². The molecule has 0 aromatic carbocycles. The number of carbonyl (C=O) groups is 1. The van der Waals surface area contributed by atoms with Crippen LogP contribution in [-0.4, -0.2) is 25.8 Å². The van der Waals surface area contributed by atoms with E-state index in [1.807, 2.05) is 0 Å². The first-order chi connectivity index (χ1) is 12.5. The molecule has 7 atom stereocenters. The molecule has 4 aliphatic rings. The predicted octanol–water partition coefficient (Wildman–Crippen LogP) is 4.44. The molecular weight excluding hydrogens is 381 g/mol. The van der Waals surface area contributed by atoms with E-state index in [-0.39, 0.29) is 11.3 Å². The van der Waals surface area contributed by atoms with E-state index in [2.05, 4.69) is 11.1 Å². The minimum Gasteiger partial charge on any atom is -0.299 e. The minimum absolute atomic E-state index is 0.172. The van der Waals surface area contributed by atoms with Gasteiger partial charge in [-0.2, -0.15) is 21.6 Å². The maximum absolute atomic E-state index is 12.6. The first-order valence-corrected chi connectivity index (χ1v) is 11.5. The van der Waals surface area contributed by atoms with Crippen LogP contribution in [0.25, 0.3) is 0 Å². The second-order valence-electron chi connectivity index (χ2n) is 9.28. The van der Waals surface area contributed by atoms with Gasteiger partial charge in [0.1, 0.15) is 5.78 Å². The van der Waals surface area contributed by atoms with Crippen LogP contribution in [0.15, 0.2) is 0 Å². The molecule has 0 amide bonds. The molecule has 4 nitrogen and oxygen atoms in total.